The summed E-state index contributed by atoms with van der Waals surface area (Å²) in [5, 5.41) is 4.44. The summed E-state index contributed by atoms with van der Waals surface area (Å²) >= 11 is 0. The highest BCUT2D eigenvalue weighted by molar-refractivity contribution is 6.14. The molecule has 2 heterocycles. The van der Waals surface area contributed by atoms with E-state index in [1.807, 2.05) is 72.8 Å². The van der Waals surface area contributed by atoms with Gasteiger partial charge in [0.05, 0.1) is 0 Å². The Morgan fingerprint density at radius 1 is 0.319 bits per heavy atom. The van der Waals surface area contributed by atoms with Crippen molar-refractivity contribution in [2.24, 2.45) is 0 Å². The Balaban J connectivity index is 1.25. The third kappa shape index (κ3) is 4.75. The van der Waals surface area contributed by atoms with E-state index in [9.17, 15) is 0 Å². The van der Waals surface area contributed by atoms with Crippen molar-refractivity contribution in [1.29, 1.82) is 0 Å². The van der Waals surface area contributed by atoms with Gasteiger partial charge in [-0.1, -0.05) is 146 Å². The van der Waals surface area contributed by atoms with Crippen LogP contribution in [0.15, 0.2) is 168 Å². The first kappa shape index (κ1) is 27.0. The molecule has 0 amide bonds. The molecule has 0 N–H and O–H groups in total. The van der Waals surface area contributed by atoms with Crippen molar-refractivity contribution in [1.82, 2.24) is 15.0 Å². The van der Waals surface area contributed by atoms with Gasteiger partial charge in [-0.3, -0.25) is 0 Å². The van der Waals surface area contributed by atoms with Crippen LogP contribution in [0.2, 0.25) is 0 Å². The van der Waals surface area contributed by atoms with Crippen molar-refractivity contribution in [2.75, 3.05) is 0 Å². The van der Waals surface area contributed by atoms with Crippen LogP contribution in [0.25, 0.3) is 89.1 Å². The van der Waals surface area contributed by atoms with Crippen molar-refractivity contribution < 1.29 is 4.42 Å². The Bertz CT molecular complexity index is 2500. The van der Waals surface area contributed by atoms with Gasteiger partial charge < -0.3 is 4.42 Å². The van der Waals surface area contributed by atoms with Crippen LogP contribution in [-0.4, -0.2) is 15.0 Å². The van der Waals surface area contributed by atoms with Gasteiger partial charge in [0.25, 0.3) is 0 Å². The molecule has 9 rings (SSSR count). The minimum absolute atomic E-state index is 0.606. The maximum Gasteiger partial charge on any atom is 0.164 e. The zero-order valence-corrected chi connectivity index (χ0v) is 25.3. The van der Waals surface area contributed by atoms with Crippen molar-refractivity contribution in [3.05, 3.63) is 164 Å². The van der Waals surface area contributed by atoms with E-state index in [1.165, 1.54) is 27.5 Å². The molecule has 0 unspecified atom stereocenters. The molecule has 47 heavy (non-hydrogen) atoms. The molecule has 0 aliphatic heterocycles. The Morgan fingerprint density at radius 2 is 0.830 bits per heavy atom. The zero-order valence-electron chi connectivity index (χ0n) is 25.3. The summed E-state index contributed by atoms with van der Waals surface area (Å²) in [7, 11) is 0. The second-order valence-corrected chi connectivity index (χ2v) is 11.6. The number of furan rings is 1. The highest BCUT2D eigenvalue weighted by Gasteiger charge is 2.19. The van der Waals surface area contributed by atoms with Gasteiger partial charge in [-0.05, 0) is 51.2 Å². The molecule has 2 aromatic heterocycles. The third-order valence-electron chi connectivity index (χ3n) is 8.75. The molecule has 4 nitrogen and oxygen atoms in total. The number of fused-ring (bicyclic) bond motifs is 4. The summed E-state index contributed by atoms with van der Waals surface area (Å²) in [6.45, 7) is 0. The number of aromatic nitrogens is 3. The van der Waals surface area contributed by atoms with E-state index >= 15 is 0 Å². The van der Waals surface area contributed by atoms with Crippen LogP contribution < -0.4 is 0 Å². The predicted molar refractivity (Wildman–Crippen MR) is 192 cm³/mol. The Morgan fingerprint density at radius 3 is 1.45 bits per heavy atom. The van der Waals surface area contributed by atoms with Crippen molar-refractivity contribution in [3.63, 3.8) is 0 Å². The molecule has 0 saturated carbocycles. The van der Waals surface area contributed by atoms with Crippen LogP contribution >= 0.6 is 0 Å². The van der Waals surface area contributed by atoms with E-state index in [-0.39, 0.29) is 0 Å². The minimum Gasteiger partial charge on any atom is -0.456 e. The number of rotatable bonds is 5. The van der Waals surface area contributed by atoms with E-state index in [4.69, 9.17) is 19.4 Å². The maximum atomic E-state index is 6.43. The van der Waals surface area contributed by atoms with E-state index in [1.54, 1.807) is 0 Å². The first-order valence-corrected chi connectivity index (χ1v) is 15.7. The normalized spacial score (nSPS) is 11.4. The zero-order chi connectivity index (χ0) is 31.2. The second kappa shape index (κ2) is 11.2. The average molecular weight is 602 g/mol. The number of hydrogen-bond acceptors (Lipinski definition) is 4. The van der Waals surface area contributed by atoms with E-state index in [0.717, 1.165) is 44.2 Å². The van der Waals surface area contributed by atoms with E-state index < -0.39 is 0 Å². The quantitative estimate of drug-likeness (QED) is 0.197. The molecule has 0 saturated heterocycles. The van der Waals surface area contributed by atoms with Crippen LogP contribution in [0.1, 0.15) is 0 Å². The first-order valence-electron chi connectivity index (χ1n) is 15.7. The average Bonchev–Trinajstić information content (AvgIpc) is 3.53. The maximum absolute atomic E-state index is 6.43. The standard InChI is InChI=1S/C43H27N3O/c1-4-13-28(14-5-1)32-19-10-22-35-33(20-11-21-34(32)35)31-25-26-38-37(27-31)40-36(23-12-24-39(40)47-38)43-45-41(29-15-6-2-7-16-29)44-42(46-43)30-17-8-3-9-18-30/h1-27H. The van der Waals surface area contributed by atoms with Gasteiger partial charge in [0, 0.05) is 27.5 Å². The molecule has 0 bridgehead atoms. The fourth-order valence-corrected chi connectivity index (χ4v) is 6.54. The molecule has 0 fully saturated rings. The fraction of sp³-hybridized carbons (Fsp3) is 0. The second-order valence-electron chi connectivity index (χ2n) is 11.6. The summed E-state index contributed by atoms with van der Waals surface area (Å²) in [4.78, 5) is 15.0. The molecular formula is C43H27N3O. The van der Waals surface area contributed by atoms with Gasteiger partial charge in [-0.25, -0.2) is 15.0 Å². The van der Waals surface area contributed by atoms with Crippen molar-refractivity contribution >= 4 is 32.7 Å². The number of benzene rings is 7. The Hall–Kier alpha value is -6.39. The topological polar surface area (TPSA) is 51.8 Å². The van der Waals surface area contributed by atoms with Gasteiger partial charge in [0.1, 0.15) is 11.2 Å². The summed E-state index contributed by atoms with van der Waals surface area (Å²) < 4.78 is 6.43. The molecule has 4 heteroatoms. The molecular weight excluding hydrogens is 574 g/mol. The van der Waals surface area contributed by atoms with Crippen LogP contribution in [0, 0.1) is 0 Å². The Kier molecular flexibility index (Phi) is 6.43. The van der Waals surface area contributed by atoms with Gasteiger partial charge in [0.2, 0.25) is 0 Å². The van der Waals surface area contributed by atoms with Crippen LogP contribution in [0.5, 0.6) is 0 Å². The number of hydrogen-bond donors (Lipinski definition) is 0. The molecule has 0 atom stereocenters. The third-order valence-corrected chi connectivity index (χ3v) is 8.75. The van der Waals surface area contributed by atoms with Crippen LogP contribution in [0.3, 0.4) is 0 Å². The highest BCUT2D eigenvalue weighted by atomic mass is 16.3. The molecule has 7 aromatic carbocycles. The van der Waals surface area contributed by atoms with E-state index in [2.05, 4.69) is 91.0 Å². The lowest BCUT2D eigenvalue weighted by molar-refractivity contribution is 0.669. The molecule has 220 valence electrons. The van der Waals surface area contributed by atoms with Gasteiger partial charge >= 0.3 is 0 Å². The largest absolute Gasteiger partial charge is 0.456 e. The molecule has 0 aliphatic carbocycles. The van der Waals surface area contributed by atoms with Crippen LogP contribution in [0.4, 0.5) is 0 Å². The minimum atomic E-state index is 0.606. The molecule has 0 aliphatic rings. The van der Waals surface area contributed by atoms with Crippen molar-refractivity contribution in [2.45, 2.75) is 0 Å². The summed E-state index contributed by atoms with van der Waals surface area (Å²) in [6.07, 6.45) is 0. The summed E-state index contributed by atoms with van der Waals surface area (Å²) in [6, 6.07) is 56.4. The lowest BCUT2D eigenvalue weighted by Crippen LogP contribution is -2.00. The lowest BCUT2D eigenvalue weighted by atomic mass is 9.92. The Labute approximate surface area is 271 Å². The summed E-state index contributed by atoms with van der Waals surface area (Å²) in [5.74, 6) is 1.86. The predicted octanol–water partition coefficient (Wildman–Crippen LogP) is 11.3. The van der Waals surface area contributed by atoms with Gasteiger partial charge in [-0.15, -0.1) is 0 Å². The van der Waals surface area contributed by atoms with Gasteiger partial charge in [0.15, 0.2) is 17.5 Å². The SMILES string of the molecule is c1ccc(-c2nc(-c3ccccc3)nc(-c3cccc4oc5ccc(-c6cccc7c(-c8ccccc8)cccc67)cc5c34)n2)cc1. The smallest absolute Gasteiger partial charge is 0.164 e. The monoisotopic (exact) mass is 601 g/mol. The lowest BCUT2D eigenvalue weighted by Gasteiger charge is -2.12. The first-order chi connectivity index (χ1) is 23.3. The van der Waals surface area contributed by atoms with Crippen LogP contribution in [-0.2, 0) is 0 Å². The highest BCUT2D eigenvalue weighted by Crippen LogP contribution is 2.40. The number of nitrogens with zero attached hydrogens (tertiary/aromatic N) is 3. The summed E-state index contributed by atoms with van der Waals surface area (Å²) in [5.41, 5.74) is 9.11. The molecule has 0 radical (unpaired) electrons. The molecule has 9 aromatic rings. The van der Waals surface area contributed by atoms with Crippen molar-refractivity contribution in [3.8, 4) is 56.4 Å². The fourth-order valence-electron chi connectivity index (χ4n) is 6.54. The van der Waals surface area contributed by atoms with E-state index in [0.29, 0.717) is 17.5 Å². The van der Waals surface area contributed by atoms with Gasteiger partial charge in [-0.2, -0.15) is 0 Å². The molecule has 0 spiro atoms.